The van der Waals surface area contributed by atoms with Gasteiger partial charge < -0.3 is 15.1 Å². The quantitative estimate of drug-likeness (QED) is 0.720. The van der Waals surface area contributed by atoms with E-state index in [2.05, 4.69) is 34.5 Å². The minimum absolute atomic E-state index is 0.0483. The third kappa shape index (κ3) is 6.11. The first-order valence-electron chi connectivity index (χ1n) is 11.1. The largest absolute Gasteiger partial charge is 0.338 e. The molecule has 0 radical (unpaired) electrons. The minimum Gasteiger partial charge on any atom is -0.338 e. The maximum Gasteiger partial charge on any atom is 0.229 e. The fourth-order valence-corrected chi connectivity index (χ4v) is 5.10. The Labute approximate surface area is 189 Å². The smallest absolute Gasteiger partial charge is 0.229 e. The lowest BCUT2D eigenvalue weighted by molar-refractivity contribution is -0.128. The molecule has 2 aromatic rings. The Bertz CT molecular complexity index is 892. The standard InChI is InChI=1S/C25H31N3O2S/c1-19-2-4-21(5-3-19)17-28-18-22(16-24(28)29)25(30)26-23-8-6-20(7-9-23)10-11-27-12-14-31-15-13-27/h2-9,22H,10-18H2,1H3,(H,26,30). The molecule has 6 heteroatoms. The molecular formula is C25H31N3O2S. The summed E-state index contributed by atoms with van der Waals surface area (Å²) >= 11 is 2.03. The number of benzene rings is 2. The molecule has 1 N–H and O–H groups in total. The van der Waals surface area contributed by atoms with Crippen LogP contribution in [-0.4, -0.2) is 59.3 Å². The minimum atomic E-state index is -0.297. The van der Waals surface area contributed by atoms with Crippen molar-refractivity contribution in [1.29, 1.82) is 0 Å². The van der Waals surface area contributed by atoms with E-state index in [1.807, 2.05) is 43.0 Å². The first-order valence-corrected chi connectivity index (χ1v) is 12.3. The summed E-state index contributed by atoms with van der Waals surface area (Å²) in [6, 6.07) is 16.3. The molecule has 2 saturated heterocycles. The normalized spacial score (nSPS) is 19.6. The summed E-state index contributed by atoms with van der Waals surface area (Å²) in [5, 5.41) is 3.00. The van der Waals surface area contributed by atoms with Crippen molar-refractivity contribution in [2.24, 2.45) is 5.92 Å². The molecule has 1 unspecified atom stereocenters. The van der Waals surface area contributed by atoms with E-state index < -0.39 is 0 Å². The lowest BCUT2D eigenvalue weighted by atomic mass is 10.1. The van der Waals surface area contributed by atoms with E-state index in [0.717, 1.165) is 24.2 Å². The molecule has 5 nitrogen and oxygen atoms in total. The molecule has 0 aliphatic carbocycles. The van der Waals surface area contributed by atoms with Gasteiger partial charge in [0.15, 0.2) is 0 Å². The van der Waals surface area contributed by atoms with Crippen molar-refractivity contribution in [2.75, 3.05) is 43.0 Å². The predicted molar refractivity (Wildman–Crippen MR) is 127 cm³/mol. The molecule has 2 aliphatic heterocycles. The fourth-order valence-electron chi connectivity index (χ4n) is 4.13. The third-order valence-electron chi connectivity index (χ3n) is 6.12. The third-order valence-corrected chi connectivity index (χ3v) is 7.06. The summed E-state index contributed by atoms with van der Waals surface area (Å²) in [5.74, 6) is 2.15. The molecule has 0 spiro atoms. The number of aryl methyl sites for hydroxylation is 1. The van der Waals surface area contributed by atoms with E-state index in [-0.39, 0.29) is 24.2 Å². The van der Waals surface area contributed by atoms with Crippen LogP contribution in [0.4, 0.5) is 5.69 Å². The maximum absolute atomic E-state index is 12.7. The SMILES string of the molecule is Cc1ccc(CN2CC(C(=O)Nc3ccc(CCN4CCSCC4)cc3)CC2=O)cc1. The summed E-state index contributed by atoms with van der Waals surface area (Å²) in [4.78, 5) is 29.4. The Kier molecular flexibility index (Phi) is 7.30. The Morgan fingerprint density at radius 2 is 1.71 bits per heavy atom. The molecule has 0 aromatic heterocycles. The van der Waals surface area contributed by atoms with Gasteiger partial charge in [0.25, 0.3) is 0 Å². The Morgan fingerprint density at radius 1 is 1.03 bits per heavy atom. The monoisotopic (exact) mass is 437 g/mol. The fraction of sp³-hybridized carbons (Fsp3) is 0.440. The van der Waals surface area contributed by atoms with Crippen LogP contribution in [0.15, 0.2) is 48.5 Å². The van der Waals surface area contributed by atoms with Crippen LogP contribution in [0.2, 0.25) is 0 Å². The number of rotatable bonds is 7. The van der Waals surface area contributed by atoms with Crippen molar-refractivity contribution in [3.8, 4) is 0 Å². The van der Waals surface area contributed by atoms with Gasteiger partial charge in [0.1, 0.15) is 0 Å². The number of amides is 2. The van der Waals surface area contributed by atoms with Crippen LogP contribution in [0.1, 0.15) is 23.1 Å². The highest BCUT2D eigenvalue weighted by Crippen LogP contribution is 2.22. The second kappa shape index (κ2) is 10.3. The summed E-state index contributed by atoms with van der Waals surface area (Å²) in [6.45, 7) is 6.54. The first-order chi connectivity index (χ1) is 15.1. The van der Waals surface area contributed by atoms with Crippen LogP contribution >= 0.6 is 11.8 Å². The lowest BCUT2D eigenvalue weighted by Crippen LogP contribution is -2.34. The van der Waals surface area contributed by atoms with Crippen molar-refractivity contribution in [3.63, 3.8) is 0 Å². The number of hydrogen-bond donors (Lipinski definition) is 1. The van der Waals surface area contributed by atoms with Gasteiger partial charge in [-0.25, -0.2) is 0 Å². The van der Waals surface area contributed by atoms with Crippen molar-refractivity contribution >= 4 is 29.3 Å². The van der Waals surface area contributed by atoms with Gasteiger partial charge in [0.2, 0.25) is 11.8 Å². The van der Waals surface area contributed by atoms with Gasteiger partial charge in [-0.15, -0.1) is 0 Å². The molecule has 2 fully saturated rings. The average Bonchev–Trinajstić information content (AvgIpc) is 3.16. The van der Waals surface area contributed by atoms with E-state index in [9.17, 15) is 9.59 Å². The zero-order valence-electron chi connectivity index (χ0n) is 18.2. The molecule has 2 aromatic carbocycles. The van der Waals surface area contributed by atoms with Crippen molar-refractivity contribution in [3.05, 3.63) is 65.2 Å². The number of nitrogens with one attached hydrogen (secondary N) is 1. The van der Waals surface area contributed by atoms with Gasteiger partial charge in [-0.2, -0.15) is 11.8 Å². The summed E-state index contributed by atoms with van der Waals surface area (Å²) in [7, 11) is 0. The molecule has 2 amide bonds. The number of hydrogen-bond acceptors (Lipinski definition) is 4. The molecule has 1 atom stereocenters. The van der Waals surface area contributed by atoms with Crippen LogP contribution in [0.3, 0.4) is 0 Å². The number of thioether (sulfide) groups is 1. The maximum atomic E-state index is 12.7. The van der Waals surface area contributed by atoms with Crippen LogP contribution in [-0.2, 0) is 22.6 Å². The van der Waals surface area contributed by atoms with Crippen LogP contribution in [0.25, 0.3) is 0 Å². The number of anilines is 1. The van der Waals surface area contributed by atoms with Crippen molar-refractivity contribution in [2.45, 2.75) is 26.3 Å². The molecule has 4 rings (SSSR count). The Morgan fingerprint density at radius 3 is 2.42 bits per heavy atom. The van der Waals surface area contributed by atoms with Crippen LogP contribution < -0.4 is 5.32 Å². The molecule has 164 valence electrons. The van der Waals surface area contributed by atoms with E-state index >= 15 is 0 Å². The zero-order chi connectivity index (χ0) is 21.6. The highest BCUT2D eigenvalue weighted by Gasteiger charge is 2.34. The number of carbonyl (C=O) groups is 2. The summed E-state index contributed by atoms with van der Waals surface area (Å²) < 4.78 is 0. The second-order valence-electron chi connectivity index (χ2n) is 8.55. The van der Waals surface area contributed by atoms with Crippen molar-refractivity contribution < 1.29 is 9.59 Å². The predicted octanol–water partition coefficient (Wildman–Crippen LogP) is 3.57. The van der Waals surface area contributed by atoms with Gasteiger partial charge in [-0.1, -0.05) is 42.0 Å². The molecule has 2 aliphatic rings. The topological polar surface area (TPSA) is 52.7 Å². The summed E-state index contributed by atoms with van der Waals surface area (Å²) in [6.07, 6.45) is 1.31. The second-order valence-corrected chi connectivity index (χ2v) is 9.78. The number of likely N-dealkylation sites (tertiary alicyclic amines) is 1. The van der Waals surface area contributed by atoms with Gasteiger partial charge in [0, 0.05) is 56.3 Å². The lowest BCUT2D eigenvalue weighted by Gasteiger charge is -2.26. The molecule has 0 saturated carbocycles. The van der Waals surface area contributed by atoms with E-state index in [4.69, 9.17) is 0 Å². The molecule has 2 heterocycles. The highest BCUT2D eigenvalue weighted by molar-refractivity contribution is 7.99. The zero-order valence-corrected chi connectivity index (χ0v) is 19.0. The first kappa shape index (κ1) is 21.9. The van der Waals surface area contributed by atoms with E-state index in [0.29, 0.717) is 13.1 Å². The van der Waals surface area contributed by atoms with E-state index in [1.165, 1.54) is 35.7 Å². The van der Waals surface area contributed by atoms with Crippen LogP contribution in [0.5, 0.6) is 0 Å². The van der Waals surface area contributed by atoms with E-state index in [1.54, 1.807) is 4.90 Å². The summed E-state index contributed by atoms with van der Waals surface area (Å²) in [5.41, 5.74) is 4.38. The van der Waals surface area contributed by atoms with Gasteiger partial charge in [0.05, 0.1) is 5.92 Å². The molecular weight excluding hydrogens is 406 g/mol. The number of nitrogens with zero attached hydrogens (tertiary/aromatic N) is 2. The number of carbonyl (C=O) groups excluding carboxylic acids is 2. The Hall–Kier alpha value is -2.31. The molecule has 31 heavy (non-hydrogen) atoms. The van der Waals surface area contributed by atoms with Gasteiger partial charge >= 0.3 is 0 Å². The average molecular weight is 438 g/mol. The van der Waals surface area contributed by atoms with Gasteiger partial charge in [-0.05, 0) is 36.6 Å². The Balaban J connectivity index is 1.26. The highest BCUT2D eigenvalue weighted by atomic mass is 32.2. The molecule has 0 bridgehead atoms. The van der Waals surface area contributed by atoms with Crippen molar-refractivity contribution in [1.82, 2.24) is 9.80 Å². The van der Waals surface area contributed by atoms with Gasteiger partial charge in [-0.3, -0.25) is 9.59 Å². The van der Waals surface area contributed by atoms with Crippen LogP contribution in [0, 0.1) is 12.8 Å².